The topological polar surface area (TPSA) is 90.5 Å². The van der Waals surface area contributed by atoms with E-state index >= 15 is 0 Å². The molecule has 7 heteroatoms. The predicted octanol–water partition coefficient (Wildman–Crippen LogP) is 4.53. The SMILES string of the molecule is Oc1ccc(-c2cccnc2Cl)cc1-c1nc2cc3c[nH]nc3cc2[nH]1. The average molecular weight is 362 g/mol. The van der Waals surface area contributed by atoms with Gasteiger partial charge in [-0.1, -0.05) is 17.7 Å². The van der Waals surface area contributed by atoms with Crippen LogP contribution in [0.15, 0.2) is 54.9 Å². The minimum atomic E-state index is 0.137. The maximum Gasteiger partial charge on any atom is 0.142 e. The standard InChI is InChI=1S/C19H12ClN5O/c20-18-12(2-1-5-21-18)10-3-4-17(26)13(6-10)19-23-15-7-11-9-22-25-14(11)8-16(15)24-19/h1-9,26H,(H,22,25)(H,23,24). The minimum Gasteiger partial charge on any atom is -0.507 e. The van der Waals surface area contributed by atoms with E-state index in [9.17, 15) is 5.11 Å². The number of phenolic OH excluding ortho intramolecular Hbond substituents is 1. The highest BCUT2D eigenvalue weighted by atomic mass is 35.5. The summed E-state index contributed by atoms with van der Waals surface area (Å²) in [5, 5.41) is 18.8. The fourth-order valence-electron chi connectivity index (χ4n) is 3.07. The van der Waals surface area contributed by atoms with E-state index in [0.717, 1.165) is 33.1 Å². The summed E-state index contributed by atoms with van der Waals surface area (Å²) in [6.07, 6.45) is 3.47. The highest BCUT2D eigenvalue weighted by Crippen LogP contribution is 2.35. The molecule has 0 fully saturated rings. The van der Waals surface area contributed by atoms with Crippen molar-refractivity contribution in [3.8, 4) is 28.3 Å². The molecular formula is C19H12ClN5O. The second-order valence-corrected chi connectivity index (χ2v) is 6.33. The van der Waals surface area contributed by atoms with E-state index in [1.165, 1.54) is 0 Å². The maximum absolute atomic E-state index is 10.4. The molecule has 2 aromatic carbocycles. The van der Waals surface area contributed by atoms with Crippen LogP contribution in [0.1, 0.15) is 0 Å². The number of nitrogens with zero attached hydrogens (tertiary/aromatic N) is 3. The molecule has 5 rings (SSSR count). The number of phenols is 1. The first-order valence-electron chi connectivity index (χ1n) is 7.96. The van der Waals surface area contributed by atoms with Crippen LogP contribution in [-0.2, 0) is 0 Å². The van der Waals surface area contributed by atoms with E-state index < -0.39 is 0 Å². The zero-order valence-electron chi connectivity index (χ0n) is 13.4. The van der Waals surface area contributed by atoms with E-state index in [-0.39, 0.29) is 5.75 Å². The third kappa shape index (κ3) is 2.31. The summed E-state index contributed by atoms with van der Waals surface area (Å²) in [7, 11) is 0. The number of imidazole rings is 1. The summed E-state index contributed by atoms with van der Waals surface area (Å²) in [5.41, 5.74) is 4.75. The molecule has 0 atom stereocenters. The van der Waals surface area contributed by atoms with Gasteiger partial charge < -0.3 is 10.1 Å². The number of hydrogen-bond donors (Lipinski definition) is 3. The predicted molar refractivity (Wildman–Crippen MR) is 101 cm³/mol. The number of fused-ring (bicyclic) bond motifs is 2. The lowest BCUT2D eigenvalue weighted by Gasteiger charge is -2.07. The highest BCUT2D eigenvalue weighted by Gasteiger charge is 2.13. The number of aromatic hydroxyl groups is 1. The van der Waals surface area contributed by atoms with Crippen molar-refractivity contribution in [1.29, 1.82) is 0 Å². The van der Waals surface area contributed by atoms with Gasteiger partial charge in [0.2, 0.25) is 0 Å². The molecule has 3 aromatic heterocycles. The van der Waals surface area contributed by atoms with E-state index in [1.807, 2.05) is 36.5 Å². The third-order valence-electron chi connectivity index (χ3n) is 4.36. The number of aromatic amines is 2. The quantitative estimate of drug-likeness (QED) is 0.403. The first kappa shape index (κ1) is 14.9. The molecule has 0 saturated carbocycles. The molecule has 0 aliphatic rings. The Morgan fingerprint density at radius 2 is 1.92 bits per heavy atom. The molecule has 3 heterocycles. The monoisotopic (exact) mass is 361 g/mol. The van der Waals surface area contributed by atoms with Crippen LogP contribution in [0.5, 0.6) is 5.75 Å². The van der Waals surface area contributed by atoms with E-state index in [0.29, 0.717) is 16.5 Å². The fraction of sp³-hybridized carbons (Fsp3) is 0. The normalized spacial score (nSPS) is 11.4. The van der Waals surface area contributed by atoms with E-state index in [1.54, 1.807) is 18.3 Å². The Balaban J connectivity index is 1.68. The van der Waals surface area contributed by atoms with Crippen LogP contribution in [-0.4, -0.2) is 30.3 Å². The van der Waals surface area contributed by atoms with Crippen molar-refractivity contribution in [3.63, 3.8) is 0 Å². The van der Waals surface area contributed by atoms with Crippen molar-refractivity contribution in [2.24, 2.45) is 0 Å². The summed E-state index contributed by atoms with van der Waals surface area (Å²) >= 11 is 6.20. The van der Waals surface area contributed by atoms with Crippen LogP contribution in [0.4, 0.5) is 0 Å². The maximum atomic E-state index is 10.4. The van der Waals surface area contributed by atoms with Crippen LogP contribution < -0.4 is 0 Å². The van der Waals surface area contributed by atoms with Gasteiger partial charge in [-0.2, -0.15) is 5.10 Å². The number of rotatable bonds is 2. The molecule has 6 nitrogen and oxygen atoms in total. The summed E-state index contributed by atoms with van der Waals surface area (Å²) in [4.78, 5) is 12.0. The van der Waals surface area contributed by atoms with Gasteiger partial charge in [-0.25, -0.2) is 9.97 Å². The fourth-order valence-corrected chi connectivity index (χ4v) is 3.30. The molecule has 0 aliphatic carbocycles. The molecule has 0 spiro atoms. The zero-order chi connectivity index (χ0) is 17.7. The summed E-state index contributed by atoms with van der Waals surface area (Å²) in [6, 6.07) is 12.9. The number of halogens is 1. The highest BCUT2D eigenvalue weighted by molar-refractivity contribution is 6.32. The third-order valence-corrected chi connectivity index (χ3v) is 4.66. The van der Waals surface area contributed by atoms with Crippen LogP contribution in [0.3, 0.4) is 0 Å². The lowest BCUT2D eigenvalue weighted by molar-refractivity contribution is 0.477. The zero-order valence-corrected chi connectivity index (χ0v) is 14.1. The first-order valence-corrected chi connectivity index (χ1v) is 8.34. The van der Waals surface area contributed by atoms with E-state index in [4.69, 9.17) is 11.6 Å². The van der Waals surface area contributed by atoms with Gasteiger partial charge in [0.25, 0.3) is 0 Å². The average Bonchev–Trinajstić information content (AvgIpc) is 3.26. The van der Waals surface area contributed by atoms with Gasteiger partial charge in [-0.05, 0) is 42.0 Å². The van der Waals surface area contributed by atoms with Gasteiger partial charge in [0.15, 0.2) is 0 Å². The lowest BCUT2D eigenvalue weighted by atomic mass is 10.0. The van der Waals surface area contributed by atoms with Crippen LogP contribution >= 0.6 is 11.6 Å². The molecule has 0 bridgehead atoms. The van der Waals surface area contributed by atoms with Gasteiger partial charge in [-0.3, -0.25) is 5.10 Å². The second kappa shape index (κ2) is 5.57. The van der Waals surface area contributed by atoms with Crippen LogP contribution in [0, 0.1) is 0 Å². The molecule has 126 valence electrons. The van der Waals surface area contributed by atoms with Crippen molar-refractivity contribution < 1.29 is 5.11 Å². The van der Waals surface area contributed by atoms with Crippen LogP contribution in [0.2, 0.25) is 5.15 Å². The molecule has 3 N–H and O–H groups in total. The Bertz CT molecular complexity index is 1230. The first-order chi connectivity index (χ1) is 12.7. The Kier molecular flexibility index (Phi) is 3.20. The summed E-state index contributed by atoms with van der Waals surface area (Å²) in [5.74, 6) is 0.717. The number of hydrogen-bond acceptors (Lipinski definition) is 4. The summed E-state index contributed by atoms with van der Waals surface area (Å²) in [6.45, 7) is 0. The van der Waals surface area contributed by atoms with Crippen LogP contribution in [0.25, 0.3) is 44.5 Å². The number of benzene rings is 2. The Morgan fingerprint density at radius 3 is 2.81 bits per heavy atom. The number of pyridine rings is 1. The van der Waals surface area contributed by atoms with Gasteiger partial charge in [-0.15, -0.1) is 0 Å². The number of nitrogens with one attached hydrogen (secondary N) is 2. The van der Waals surface area contributed by atoms with Crippen molar-refractivity contribution in [2.75, 3.05) is 0 Å². The molecule has 0 amide bonds. The molecular weight excluding hydrogens is 350 g/mol. The molecule has 5 aromatic rings. The van der Waals surface area contributed by atoms with Crippen molar-refractivity contribution in [3.05, 3.63) is 60.0 Å². The molecule has 0 unspecified atom stereocenters. The van der Waals surface area contributed by atoms with Gasteiger partial charge in [0.05, 0.1) is 22.1 Å². The minimum absolute atomic E-state index is 0.137. The largest absolute Gasteiger partial charge is 0.507 e. The smallest absolute Gasteiger partial charge is 0.142 e. The van der Waals surface area contributed by atoms with Crippen molar-refractivity contribution in [1.82, 2.24) is 25.1 Å². The van der Waals surface area contributed by atoms with Crippen molar-refractivity contribution >= 4 is 33.5 Å². The lowest BCUT2D eigenvalue weighted by Crippen LogP contribution is -1.86. The Labute approximate surface area is 152 Å². The molecule has 0 saturated heterocycles. The molecule has 0 radical (unpaired) electrons. The number of aromatic nitrogens is 5. The Hall–Kier alpha value is -3.38. The summed E-state index contributed by atoms with van der Waals surface area (Å²) < 4.78 is 0. The van der Waals surface area contributed by atoms with Crippen molar-refractivity contribution in [2.45, 2.75) is 0 Å². The van der Waals surface area contributed by atoms with E-state index in [2.05, 4.69) is 25.1 Å². The molecule has 0 aliphatic heterocycles. The molecule has 26 heavy (non-hydrogen) atoms. The van der Waals surface area contributed by atoms with Gasteiger partial charge in [0, 0.05) is 23.3 Å². The Morgan fingerprint density at radius 1 is 1.00 bits per heavy atom. The second-order valence-electron chi connectivity index (χ2n) is 5.97. The van der Waals surface area contributed by atoms with Gasteiger partial charge in [0.1, 0.15) is 16.7 Å². The number of H-pyrrole nitrogens is 2. The van der Waals surface area contributed by atoms with Gasteiger partial charge >= 0.3 is 0 Å².